The lowest BCUT2D eigenvalue weighted by Gasteiger charge is -2.21. The van der Waals surface area contributed by atoms with Gasteiger partial charge in [0.25, 0.3) is 0 Å². The Labute approximate surface area is 114 Å². The summed E-state index contributed by atoms with van der Waals surface area (Å²) in [6.45, 7) is 7.16. The van der Waals surface area contributed by atoms with Crippen LogP contribution in [0.1, 0.15) is 13.8 Å². The highest BCUT2D eigenvalue weighted by Crippen LogP contribution is 2.32. The van der Waals surface area contributed by atoms with Crippen LogP contribution in [0.3, 0.4) is 0 Å². The first-order chi connectivity index (χ1) is 8.26. The first kappa shape index (κ1) is 23.4. The molecule has 0 spiro atoms. The molecule has 4 N–H and O–H groups in total. The van der Waals surface area contributed by atoms with Crippen molar-refractivity contribution in [2.24, 2.45) is 0 Å². The summed E-state index contributed by atoms with van der Waals surface area (Å²) in [6, 6.07) is 0. The topological polar surface area (TPSA) is 115 Å². The van der Waals surface area contributed by atoms with Gasteiger partial charge in [0.15, 0.2) is 0 Å². The van der Waals surface area contributed by atoms with E-state index in [9.17, 15) is 9.36 Å². The molecular formula is C11H27NO6P+. The highest BCUT2D eigenvalue weighted by atomic mass is 31.2. The van der Waals surface area contributed by atoms with Crippen molar-refractivity contribution in [3.8, 4) is 0 Å². The largest absolute Gasteiger partial charge is 0.478 e. The number of aliphatic hydroxyl groups excluding tert-OH is 1. The Bertz CT molecular complexity index is 293. The molecule has 0 aliphatic carbocycles. The van der Waals surface area contributed by atoms with Gasteiger partial charge in [0.05, 0.1) is 27.7 Å². The third-order valence-corrected chi connectivity index (χ3v) is 2.37. The van der Waals surface area contributed by atoms with Gasteiger partial charge in [0.1, 0.15) is 6.54 Å². The molecule has 0 aromatic heterocycles. The average molecular weight is 300 g/mol. The van der Waals surface area contributed by atoms with Crippen LogP contribution >= 0.6 is 7.60 Å². The van der Waals surface area contributed by atoms with E-state index in [2.05, 4.69) is 27.7 Å². The van der Waals surface area contributed by atoms with Gasteiger partial charge in [-0.3, -0.25) is 4.57 Å². The number of carboxylic acids is 1. The molecule has 0 radical (unpaired) electrons. The van der Waals surface area contributed by atoms with E-state index in [1.807, 2.05) is 0 Å². The Hall–Kier alpha value is -0.720. The Morgan fingerprint density at radius 2 is 1.53 bits per heavy atom. The number of carboxylic acid groups (broad SMARTS) is 1. The highest BCUT2D eigenvalue weighted by molar-refractivity contribution is 7.51. The molecular weight excluding hydrogens is 273 g/mol. The van der Waals surface area contributed by atoms with Crippen LogP contribution in [0.5, 0.6) is 0 Å². The first-order valence-corrected chi connectivity index (χ1v) is 7.41. The highest BCUT2D eigenvalue weighted by Gasteiger charge is 2.05. The molecule has 116 valence electrons. The molecule has 0 heterocycles. The molecule has 0 unspecified atom stereocenters. The predicted molar refractivity (Wildman–Crippen MR) is 75.0 cm³/mol. The number of carbonyl (C=O) groups is 1. The summed E-state index contributed by atoms with van der Waals surface area (Å²) < 4.78 is 10.5. The maximum atomic E-state index is 9.69. The van der Waals surface area contributed by atoms with Crippen LogP contribution in [-0.2, 0) is 9.36 Å². The van der Waals surface area contributed by atoms with Crippen molar-refractivity contribution in [1.82, 2.24) is 0 Å². The van der Waals surface area contributed by atoms with Crippen molar-refractivity contribution >= 4 is 13.6 Å². The lowest BCUT2D eigenvalue weighted by atomic mass is 10.4. The number of quaternary nitrogens is 1. The van der Waals surface area contributed by atoms with E-state index in [4.69, 9.17) is 20.0 Å². The number of nitrogens with zero attached hydrogens (tertiary/aromatic N) is 1. The second-order valence-electron chi connectivity index (χ2n) is 4.80. The molecule has 0 bridgehead atoms. The van der Waals surface area contributed by atoms with E-state index < -0.39 is 13.6 Å². The van der Waals surface area contributed by atoms with Crippen LogP contribution in [0.4, 0.5) is 0 Å². The summed E-state index contributed by atoms with van der Waals surface area (Å²) in [5, 5.41) is 16.3. The van der Waals surface area contributed by atoms with Gasteiger partial charge < -0.3 is 24.5 Å². The van der Waals surface area contributed by atoms with Gasteiger partial charge in [-0.2, -0.15) is 0 Å². The zero-order valence-electron chi connectivity index (χ0n) is 12.3. The SMILES string of the molecule is C=C(C)C(=O)O.CCP(=O)(O)O.C[N+](C)(C)CCO. The fourth-order valence-electron chi connectivity index (χ4n) is 0.300. The maximum Gasteiger partial charge on any atom is 0.330 e. The molecule has 0 aromatic rings. The first-order valence-electron chi connectivity index (χ1n) is 5.61. The summed E-state index contributed by atoms with van der Waals surface area (Å²) in [7, 11) is 2.51. The maximum absolute atomic E-state index is 9.69. The Morgan fingerprint density at radius 3 is 1.53 bits per heavy atom. The van der Waals surface area contributed by atoms with Gasteiger partial charge in [-0.05, 0) is 6.92 Å². The molecule has 0 amide bonds. The number of likely N-dealkylation sites (N-methyl/N-ethyl adjacent to an activating group) is 1. The second-order valence-corrected chi connectivity index (χ2v) is 6.77. The summed E-state index contributed by atoms with van der Waals surface area (Å²) in [5.41, 5.74) is 0.176. The van der Waals surface area contributed by atoms with Crippen LogP contribution in [0.2, 0.25) is 0 Å². The van der Waals surface area contributed by atoms with Gasteiger partial charge in [-0.1, -0.05) is 13.5 Å². The summed E-state index contributed by atoms with van der Waals surface area (Å²) in [6.07, 6.45) is -0.0625. The number of hydrogen-bond donors (Lipinski definition) is 4. The summed E-state index contributed by atoms with van der Waals surface area (Å²) >= 11 is 0. The second kappa shape index (κ2) is 11.1. The third kappa shape index (κ3) is 38.2. The Morgan fingerprint density at radius 1 is 1.26 bits per heavy atom. The van der Waals surface area contributed by atoms with Crippen LogP contribution in [0.15, 0.2) is 12.2 Å². The minimum Gasteiger partial charge on any atom is -0.478 e. The van der Waals surface area contributed by atoms with Crippen LogP contribution in [0.25, 0.3) is 0 Å². The van der Waals surface area contributed by atoms with Gasteiger partial charge in [-0.25, -0.2) is 4.79 Å². The van der Waals surface area contributed by atoms with Crippen molar-refractivity contribution in [1.29, 1.82) is 0 Å². The van der Waals surface area contributed by atoms with E-state index in [1.54, 1.807) is 0 Å². The molecule has 0 rings (SSSR count). The van der Waals surface area contributed by atoms with Crippen molar-refractivity contribution in [2.75, 3.05) is 40.5 Å². The lowest BCUT2D eigenvalue weighted by molar-refractivity contribution is -0.870. The fourth-order valence-corrected chi connectivity index (χ4v) is 0.300. The normalized spacial score (nSPS) is 10.5. The zero-order valence-corrected chi connectivity index (χ0v) is 13.2. The molecule has 0 saturated carbocycles. The molecule has 0 fully saturated rings. The Kier molecular flexibility index (Phi) is 13.7. The van der Waals surface area contributed by atoms with E-state index in [0.717, 1.165) is 11.0 Å². The quantitative estimate of drug-likeness (QED) is 0.342. The molecule has 0 aliphatic heterocycles. The molecule has 19 heavy (non-hydrogen) atoms. The van der Waals surface area contributed by atoms with Gasteiger partial charge in [0.2, 0.25) is 0 Å². The number of aliphatic carboxylic acids is 1. The van der Waals surface area contributed by atoms with Crippen molar-refractivity contribution in [2.45, 2.75) is 13.8 Å². The molecule has 7 nitrogen and oxygen atoms in total. The molecule has 0 atom stereocenters. The minimum atomic E-state index is -3.65. The lowest BCUT2D eigenvalue weighted by Crippen LogP contribution is -2.36. The van der Waals surface area contributed by atoms with Gasteiger partial charge >= 0.3 is 13.6 Å². The van der Waals surface area contributed by atoms with Crippen LogP contribution in [0, 0.1) is 0 Å². The number of rotatable bonds is 4. The minimum absolute atomic E-state index is 0.0625. The van der Waals surface area contributed by atoms with Crippen molar-refractivity contribution in [3.63, 3.8) is 0 Å². The molecule has 0 aliphatic rings. The monoisotopic (exact) mass is 300 g/mol. The van der Waals surface area contributed by atoms with Crippen molar-refractivity contribution in [3.05, 3.63) is 12.2 Å². The predicted octanol–water partition coefficient (Wildman–Crippen LogP) is 0.516. The summed E-state index contributed by atoms with van der Waals surface area (Å²) in [4.78, 5) is 25.5. The van der Waals surface area contributed by atoms with Gasteiger partial charge in [0, 0.05) is 11.7 Å². The zero-order chi connectivity index (χ0) is 16.3. The summed E-state index contributed by atoms with van der Waals surface area (Å²) in [5.74, 6) is -0.935. The van der Waals surface area contributed by atoms with Gasteiger partial charge in [-0.15, -0.1) is 0 Å². The fraction of sp³-hybridized carbons (Fsp3) is 0.727. The van der Waals surface area contributed by atoms with E-state index >= 15 is 0 Å². The van der Waals surface area contributed by atoms with Crippen LogP contribution in [-0.4, -0.2) is 70.9 Å². The average Bonchev–Trinajstić information content (AvgIpc) is 2.16. The number of aliphatic hydroxyl groups is 1. The smallest absolute Gasteiger partial charge is 0.330 e. The van der Waals surface area contributed by atoms with Crippen molar-refractivity contribution < 1.29 is 33.8 Å². The van der Waals surface area contributed by atoms with E-state index in [-0.39, 0.29) is 18.3 Å². The Balaban J connectivity index is -0.000000203. The molecule has 0 saturated heterocycles. The van der Waals surface area contributed by atoms with Crippen LogP contribution < -0.4 is 0 Å². The van der Waals surface area contributed by atoms with E-state index in [1.165, 1.54) is 13.8 Å². The van der Waals surface area contributed by atoms with E-state index in [0.29, 0.717) is 0 Å². The standard InChI is InChI=1S/C5H14NO.C4H6O2.C2H7O3P/c1-6(2,3)4-5-7;1-3(2)4(5)6;1-2-6(3,4)5/h7H,4-5H2,1-3H3;1H2,2H3,(H,5,6);2H2,1H3,(H2,3,4,5)/q+1;;. The number of hydrogen-bond acceptors (Lipinski definition) is 3. The molecule has 8 heteroatoms. The molecule has 0 aromatic carbocycles. The third-order valence-electron chi connectivity index (χ3n) is 1.55.